The first kappa shape index (κ1) is 10.3. The molecule has 0 bridgehead atoms. The minimum absolute atomic E-state index is 0.0714. The van der Waals surface area contributed by atoms with Crippen LogP contribution in [0.2, 0.25) is 0 Å². The van der Waals surface area contributed by atoms with Crippen molar-refractivity contribution in [3.8, 4) is 0 Å². The molecular weight excluding hydrogens is 184 g/mol. The van der Waals surface area contributed by atoms with E-state index in [2.05, 4.69) is 9.97 Å². The minimum atomic E-state index is -1.11. The average Bonchev–Trinajstić information content (AvgIpc) is 2.01. The van der Waals surface area contributed by atoms with Crippen molar-refractivity contribution in [2.24, 2.45) is 0 Å². The van der Waals surface area contributed by atoms with Crippen LogP contribution in [0.25, 0.3) is 0 Å². The minimum Gasteiger partial charge on any atom is -0.477 e. The first-order chi connectivity index (χ1) is 6.49. The zero-order valence-electron chi connectivity index (χ0n) is 7.94. The molecule has 5 nitrogen and oxygen atoms in total. The van der Waals surface area contributed by atoms with Crippen molar-refractivity contribution < 1.29 is 14.7 Å². The van der Waals surface area contributed by atoms with Crippen LogP contribution < -0.4 is 0 Å². The first-order valence-corrected chi connectivity index (χ1v) is 4.06. The van der Waals surface area contributed by atoms with Crippen LogP contribution in [0.3, 0.4) is 0 Å². The van der Waals surface area contributed by atoms with Gasteiger partial charge in [-0.15, -0.1) is 0 Å². The highest BCUT2D eigenvalue weighted by Gasteiger charge is 2.09. The van der Waals surface area contributed by atoms with E-state index in [0.29, 0.717) is 5.69 Å². The van der Waals surface area contributed by atoms with Gasteiger partial charge in [0.25, 0.3) is 0 Å². The maximum Gasteiger partial charge on any atom is 0.354 e. The third-order valence-electron chi connectivity index (χ3n) is 1.53. The zero-order chi connectivity index (χ0) is 10.7. The molecule has 0 radical (unpaired) electrons. The molecule has 0 fully saturated rings. The highest BCUT2D eigenvalue weighted by atomic mass is 16.4. The van der Waals surface area contributed by atoms with Gasteiger partial charge in [0, 0.05) is 5.69 Å². The fourth-order valence-corrected chi connectivity index (χ4v) is 1.04. The summed E-state index contributed by atoms with van der Waals surface area (Å²) in [6.07, 6.45) is 0.0714. The number of nitrogens with zero attached hydrogens (tertiary/aromatic N) is 2. The molecule has 5 heteroatoms. The molecule has 0 aromatic carbocycles. The Labute approximate surface area is 80.8 Å². The molecule has 0 saturated carbocycles. The lowest BCUT2D eigenvalue weighted by atomic mass is 10.2. The summed E-state index contributed by atoms with van der Waals surface area (Å²) in [5.41, 5.74) is 0.474. The Bertz CT molecular complexity index is 388. The van der Waals surface area contributed by atoms with E-state index < -0.39 is 5.97 Å². The van der Waals surface area contributed by atoms with E-state index in [1.54, 1.807) is 6.92 Å². The van der Waals surface area contributed by atoms with Crippen LogP contribution in [0.15, 0.2) is 6.07 Å². The Morgan fingerprint density at radius 2 is 2.07 bits per heavy atom. The largest absolute Gasteiger partial charge is 0.477 e. The summed E-state index contributed by atoms with van der Waals surface area (Å²) in [5, 5.41) is 8.69. The number of carbonyl (C=O) groups excluding carboxylic acids is 1. The van der Waals surface area contributed by atoms with Gasteiger partial charge in [-0.1, -0.05) is 0 Å². The van der Waals surface area contributed by atoms with Crippen molar-refractivity contribution in [2.45, 2.75) is 20.3 Å². The highest BCUT2D eigenvalue weighted by molar-refractivity contribution is 5.85. The normalized spacial score (nSPS) is 9.86. The molecule has 1 rings (SSSR count). The van der Waals surface area contributed by atoms with Gasteiger partial charge in [-0.05, 0) is 19.9 Å². The van der Waals surface area contributed by atoms with Crippen molar-refractivity contribution in [2.75, 3.05) is 0 Å². The first-order valence-electron chi connectivity index (χ1n) is 4.06. The van der Waals surface area contributed by atoms with Crippen molar-refractivity contribution in [1.29, 1.82) is 0 Å². The van der Waals surface area contributed by atoms with Crippen LogP contribution in [0.5, 0.6) is 0 Å². The highest BCUT2D eigenvalue weighted by Crippen LogP contribution is 2.01. The quantitative estimate of drug-likeness (QED) is 0.762. The molecule has 0 aliphatic carbocycles. The maximum absolute atomic E-state index is 10.8. The van der Waals surface area contributed by atoms with Crippen LogP contribution in [0.4, 0.5) is 0 Å². The van der Waals surface area contributed by atoms with E-state index in [1.807, 2.05) is 0 Å². The van der Waals surface area contributed by atoms with Gasteiger partial charge in [0.2, 0.25) is 0 Å². The molecule has 0 aliphatic heterocycles. The molecule has 0 spiro atoms. The van der Waals surface area contributed by atoms with E-state index in [-0.39, 0.29) is 23.7 Å². The second-order valence-electron chi connectivity index (χ2n) is 2.99. The molecule has 0 atom stereocenters. The molecule has 0 aliphatic rings. The van der Waals surface area contributed by atoms with E-state index >= 15 is 0 Å². The van der Waals surface area contributed by atoms with E-state index in [4.69, 9.17) is 5.11 Å². The third-order valence-corrected chi connectivity index (χ3v) is 1.53. The number of aromatic nitrogens is 2. The van der Waals surface area contributed by atoms with Gasteiger partial charge in [0.05, 0.1) is 6.42 Å². The standard InChI is InChI=1S/C9H10N2O3/c1-5-3-7(9(13)14)11-8(10-5)4-6(2)12/h3H,4H2,1-2H3,(H,13,14). The molecular formula is C9H10N2O3. The van der Waals surface area contributed by atoms with E-state index in [1.165, 1.54) is 13.0 Å². The predicted molar refractivity (Wildman–Crippen MR) is 48.1 cm³/mol. The third kappa shape index (κ3) is 2.62. The van der Waals surface area contributed by atoms with Crippen LogP contribution >= 0.6 is 0 Å². The van der Waals surface area contributed by atoms with Crippen molar-refractivity contribution in [3.05, 3.63) is 23.3 Å². The number of Topliss-reactive ketones (excluding diaryl/α,β-unsaturated/α-hetero) is 1. The summed E-state index contributed by atoms with van der Waals surface area (Å²) in [6, 6.07) is 1.37. The monoisotopic (exact) mass is 194 g/mol. The summed E-state index contributed by atoms with van der Waals surface area (Å²) in [4.78, 5) is 29.1. The predicted octanol–water partition coefficient (Wildman–Crippen LogP) is 0.615. The number of carboxylic acids is 1. The number of aryl methyl sites for hydroxylation is 1. The number of hydrogen-bond donors (Lipinski definition) is 1. The number of ketones is 1. The van der Waals surface area contributed by atoms with Gasteiger partial charge in [0.15, 0.2) is 5.69 Å². The van der Waals surface area contributed by atoms with Crippen LogP contribution in [0, 0.1) is 6.92 Å². The number of hydrogen-bond acceptors (Lipinski definition) is 4. The molecule has 1 aromatic rings. The summed E-state index contributed by atoms with van der Waals surface area (Å²) >= 11 is 0. The summed E-state index contributed by atoms with van der Waals surface area (Å²) in [7, 11) is 0. The fourth-order valence-electron chi connectivity index (χ4n) is 1.04. The van der Waals surface area contributed by atoms with Gasteiger partial charge in [-0.2, -0.15) is 0 Å². The van der Waals surface area contributed by atoms with Crippen molar-refractivity contribution in [3.63, 3.8) is 0 Å². The van der Waals surface area contributed by atoms with Gasteiger partial charge in [-0.25, -0.2) is 14.8 Å². The fraction of sp³-hybridized carbons (Fsp3) is 0.333. The molecule has 1 N–H and O–H groups in total. The van der Waals surface area contributed by atoms with Crippen LogP contribution in [-0.2, 0) is 11.2 Å². The Hall–Kier alpha value is -1.78. The Morgan fingerprint density at radius 3 is 2.57 bits per heavy atom. The van der Waals surface area contributed by atoms with Gasteiger partial charge in [-0.3, -0.25) is 4.79 Å². The van der Waals surface area contributed by atoms with Gasteiger partial charge < -0.3 is 5.11 Å². The SMILES string of the molecule is CC(=O)Cc1nc(C)cc(C(=O)O)n1. The molecule has 14 heavy (non-hydrogen) atoms. The molecule has 0 amide bonds. The maximum atomic E-state index is 10.8. The van der Waals surface area contributed by atoms with Crippen LogP contribution in [0.1, 0.15) is 28.9 Å². The molecule has 1 aromatic heterocycles. The second-order valence-corrected chi connectivity index (χ2v) is 2.99. The van der Waals surface area contributed by atoms with Crippen molar-refractivity contribution >= 4 is 11.8 Å². The molecule has 1 heterocycles. The molecule has 74 valence electrons. The summed E-state index contributed by atoms with van der Waals surface area (Å²) < 4.78 is 0. The van der Waals surface area contributed by atoms with Crippen molar-refractivity contribution in [1.82, 2.24) is 9.97 Å². The van der Waals surface area contributed by atoms with Gasteiger partial charge >= 0.3 is 5.97 Å². The average molecular weight is 194 g/mol. The molecule has 0 saturated heterocycles. The summed E-state index contributed by atoms with van der Waals surface area (Å²) in [5.74, 6) is -0.942. The van der Waals surface area contributed by atoms with E-state index in [0.717, 1.165) is 0 Å². The lowest BCUT2D eigenvalue weighted by molar-refractivity contribution is -0.116. The lowest BCUT2D eigenvalue weighted by Crippen LogP contribution is -2.09. The zero-order valence-corrected chi connectivity index (χ0v) is 7.94. The Balaban J connectivity index is 3.07. The topological polar surface area (TPSA) is 80.2 Å². The number of aromatic carboxylic acids is 1. The smallest absolute Gasteiger partial charge is 0.354 e. The number of carbonyl (C=O) groups is 2. The Kier molecular flexibility index (Phi) is 2.91. The second kappa shape index (κ2) is 3.95. The summed E-state index contributed by atoms with van der Waals surface area (Å²) in [6.45, 7) is 3.07. The van der Waals surface area contributed by atoms with Crippen LogP contribution in [-0.4, -0.2) is 26.8 Å². The number of rotatable bonds is 3. The lowest BCUT2D eigenvalue weighted by Gasteiger charge is -2.00. The molecule has 0 unspecified atom stereocenters. The number of carboxylic acid groups (broad SMARTS) is 1. The Morgan fingerprint density at radius 1 is 1.43 bits per heavy atom. The van der Waals surface area contributed by atoms with E-state index in [9.17, 15) is 9.59 Å². The van der Waals surface area contributed by atoms with Gasteiger partial charge in [0.1, 0.15) is 11.6 Å².